The van der Waals surface area contributed by atoms with Crippen molar-refractivity contribution in [3.63, 3.8) is 0 Å². The summed E-state index contributed by atoms with van der Waals surface area (Å²) in [6.45, 7) is 2.72. The van der Waals surface area contributed by atoms with E-state index in [1.807, 2.05) is 36.4 Å². The van der Waals surface area contributed by atoms with Crippen molar-refractivity contribution in [3.05, 3.63) is 70.9 Å². The number of hydrogen-bond donors (Lipinski definition) is 1. The average Bonchev–Trinajstić information content (AvgIpc) is 3.33. The molecular formula is C25H24FNO4S. The Balaban J connectivity index is 1.31. The highest BCUT2D eigenvalue weighted by molar-refractivity contribution is 7.17. The predicted octanol–water partition coefficient (Wildman–Crippen LogP) is 4.80. The number of carbonyl (C=O) groups is 1. The number of halogens is 1. The van der Waals surface area contributed by atoms with Gasteiger partial charge >= 0.3 is 0 Å². The second kappa shape index (κ2) is 8.92. The Morgan fingerprint density at radius 3 is 2.59 bits per heavy atom. The van der Waals surface area contributed by atoms with Crippen molar-refractivity contribution in [2.75, 3.05) is 33.0 Å². The van der Waals surface area contributed by atoms with Gasteiger partial charge < -0.3 is 19.5 Å². The van der Waals surface area contributed by atoms with E-state index in [2.05, 4.69) is 5.32 Å². The number of fused-ring (bicyclic) bond motifs is 1. The number of rotatable bonds is 5. The van der Waals surface area contributed by atoms with Crippen molar-refractivity contribution in [2.45, 2.75) is 18.3 Å². The van der Waals surface area contributed by atoms with Crippen LogP contribution in [0.1, 0.15) is 28.1 Å². The molecular weight excluding hydrogens is 429 g/mol. The Morgan fingerprint density at radius 2 is 1.78 bits per heavy atom. The molecule has 0 radical (unpaired) electrons. The minimum atomic E-state index is -0.327. The smallest absolute Gasteiger partial charge is 0.261 e. The van der Waals surface area contributed by atoms with Gasteiger partial charge in [0.25, 0.3) is 5.91 Å². The number of carbonyl (C=O) groups excluding carboxylic acids is 1. The van der Waals surface area contributed by atoms with Crippen LogP contribution in [0.15, 0.2) is 54.6 Å². The van der Waals surface area contributed by atoms with E-state index < -0.39 is 0 Å². The molecule has 32 heavy (non-hydrogen) atoms. The Hall–Kier alpha value is -2.90. The van der Waals surface area contributed by atoms with Crippen LogP contribution in [0.4, 0.5) is 4.39 Å². The summed E-state index contributed by atoms with van der Waals surface area (Å²) in [4.78, 5) is 14.6. The quantitative estimate of drug-likeness (QED) is 0.603. The maximum absolute atomic E-state index is 13.9. The summed E-state index contributed by atoms with van der Waals surface area (Å²) in [5.41, 5.74) is 1.56. The molecule has 1 amide bonds. The molecule has 1 N–H and O–H groups in total. The Morgan fingerprint density at radius 1 is 0.969 bits per heavy atom. The summed E-state index contributed by atoms with van der Waals surface area (Å²) < 4.78 is 30.7. The molecule has 0 atom stereocenters. The predicted molar refractivity (Wildman–Crippen MR) is 121 cm³/mol. The van der Waals surface area contributed by atoms with Gasteiger partial charge in [-0.2, -0.15) is 0 Å². The van der Waals surface area contributed by atoms with E-state index in [1.54, 1.807) is 12.1 Å². The summed E-state index contributed by atoms with van der Waals surface area (Å²) in [7, 11) is 0. The first-order chi connectivity index (χ1) is 15.6. The van der Waals surface area contributed by atoms with Crippen LogP contribution in [0.2, 0.25) is 0 Å². The largest absolute Gasteiger partial charge is 0.486 e. The zero-order valence-electron chi connectivity index (χ0n) is 17.6. The molecule has 1 aromatic heterocycles. The minimum Gasteiger partial charge on any atom is -0.486 e. The van der Waals surface area contributed by atoms with Crippen molar-refractivity contribution in [3.8, 4) is 21.9 Å². The summed E-state index contributed by atoms with van der Waals surface area (Å²) in [6, 6.07) is 16.3. The van der Waals surface area contributed by atoms with Crippen LogP contribution in [0.5, 0.6) is 11.5 Å². The Bertz CT molecular complexity index is 1120. The Kier molecular flexibility index (Phi) is 5.85. The minimum absolute atomic E-state index is 0.124. The molecule has 0 spiro atoms. The maximum atomic E-state index is 13.9. The molecule has 2 aliphatic heterocycles. The zero-order valence-corrected chi connectivity index (χ0v) is 18.4. The van der Waals surface area contributed by atoms with E-state index in [-0.39, 0.29) is 17.1 Å². The summed E-state index contributed by atoms with van der Waals surface area (Å²) in [5, 5.41) is 3.09. The van der Waals surface area contributed by atoms with E-state index >= 15 is 0 Å². The van der Waals surface area contributed by atoms with Gasteiger partial charge in [0.05, 0.1) is 4.88 Å². The molecule has 166 valence electrons. The topological polar surface area (TPSA) is 56.8 Å². The molecule has 2 aliphatic rings. The van der Waals surface area contributed by atoms with Gasteiger partial charge in [0.15, 0.2) is 11.5 Å². The Labute approximate surface area is 190 Å². The highest BCUT2D eigenvalue weighted by Gasteiger charge is 2.35. The number of thiophene rings is 1. The molecule has 7 heteroatoms. The van der Waals surface area contributed by atoms with Gasteiger partial charge in [-0.25, -0.2) is 4.39 Å². The van der Waals surface area contributed by atoms with Crippen molar-refractivity contribution in [1.82, 2.24) is 5.32 Å². The third-order valence-electron chi connectivity index (χ3n) is 6.13. The second-order valence-corrected chi connectivity index (χ2v) is 9.19. The van der Waals surface area contributed by atoms with Gasteiger partial charge in [0.2, 0.25) is 0 Å². The fraction of sp³-hybridized carbons (Fsp3) is 0.320. The first-order valence-electron chi connectivity index (χ1n) is 10.7. The summed E-state index contributed by atoms with van der Waals surface area (Å²) >= 11 is 1.44. The number of benzene rings is 2. The lowest BCUT2D eigenvalue weighted by molar-refractivity contribution is 0.0486. The molecule has 1 fully saturated rings. The average molecular weight is 454 g/mol. The van der Waals surface area contributed by atoms with Gasteiger partial charge in [0.1, 0.15) is 19.0 Å². The maximum Gasteiger partial charge on any atom is 0.261 e. The van der Waals surface area contributed by atoms with Crippen LogP contribution in [0.25, 0.3) is 10.4 Å². The molecule has 3 heterocycles. The van der Waals surface area contributed by atoms with Gasteiger partial charge in [-0.05, 0) is 66.4 Å². The molecule has 0 bridgehead atoms. The molecule has 2 aromatic carbocycles. The lowest BCUT2D eigenvalue weighted by Gasteiger charge is -2.38. The van der Waals surface area contributed by atoms with Crippen LogP contribution in [-0.2, 0) is 10.2 Å². The van der Waals surface area contributed by atoms with Crippen molar-refractivity contribution >= 4 is 17.2 Å². The van der Waals surface area contributed by atoms with Crippen molar-refractivity contribution in [2.24, 2.45) is 0 Å². The molecule has 1 saturated heterocycles. The van der Waals surface area contributed by atoms with Crippen LogP contribution in [0, 0.1) is 5.82 Å². The van der Waals surface area contributed by atoms with Crippen molar-refractivity contribution in [1.29, 1.82) is 0 Å². The molecule has 0 saturated carbocycles. The van der Waals surface area contributed by atoms with Crippen molar-refractivity contribution < 1.29 is 23.4 Å². The third-order valence-corrected chi connectivity index (χ3v) is 7.26. The normalized spacial score (nSPS) is 17.0. The van der Waals surface area contributed by atoms with Crippen LogP contribution in [-0.4, -0.2) is 38.9 Å². The highest BCUT2D eigenvalue weighted by atomic mass is 32.1. The monoisotopic (exact) mass is 453 g/mol. The number of amides is 1. The highest BCUT2D eigenvalue weighted by Crippen LogP contribution is 2.37. The van der Waals surface area contributed by atoms with Gasteiger partial charge in [-0.15, -0.1) is 11.3 Å². The number of nitrogens with one attached hydrogen (secondary N) is 1. The SMILES string of the molecule is O=C(NCC1(c2cccc(F)c2)CCOCC1)c1ccc(-c2ccc3c(c2)OCCO3)s1. The molecule has 0 aliphatic carbocycles. The molecule has 5 nitrogen and oxygen atoms in total. The van der Waals surface area contributed by atoms with Crippen LogP contribution in [0.3, 0.4) is 0 Å². The molecule has 0 unspecified atom stereocenters. The number of hydrogen-bond acceptors (Lipinski definition) is 5. The van der Waals surface area contributed by atoms with Gasteiger partial charge in [-0.1, -0.05) is 12.1 Å². The van der Waals surface area contributed by atoms with E-state index in [1.165, 1.54) is 17.4 Å². The standard InChI is InChI=1S/C25H24FNO4S/c26-19-3-1-2-18(15-19)25(8-10-29-11-9-25)16-27-24(28)23-7-6-22(32-23)17-4-5-20-21(14-17)31-13-12-30-20/h1-7,14-15H,8-13,16H2,(H,27,28). The number of ether oxygens (including phenoxy) is 3. The molecule has 3 aromatic rings. The van der Waals surface area contributed by atoms with E-state index in [4.69, 9.17) is 14.2 Å². The lowest BCUT2D eigenvalue weighted by atomic mass is 9.74. The summed E-state index contributed by atoms with van der Waals surface area (Å²) in [5.74, 6) is 1.08. The fourth-order valence-electron chi connectivity index (χ4n) is 4.30. The van der Waals surface area contributed by atoms with Crippen LogP contribution < -0.4 is 14.8 Å². The van der Waals surface area contributed by atoms with E-state index in [0.717, 1.165) is 40.3 Å². The van der Waals surface area contributed by atoms with Gasteiger partial charge in [-0.3, -0.25) is 4.79 Å². The van der Waals surface area contributed by atoms with Gasteiger partial charge in [0, 0.05) is 30.1 Å². The molecule has 5 rings (SSSR count). The summed E-state index contributed by atoms with van der Waals surface area (Å²) in [6.07, 6.45) is 1.48. The first kappa shape index (κ1) is 21.0. The zero-order chi connectivity index (χ0) is 22.0. The first-order valence-corrected chi connectivity index (χ1v) is 11.6. The van der Waals surface area contributed by atoms with E-state index in [9.17, 15) is 9.18 Å². The fourth-order valence-corrected chi connectivity index (χ4v) is 5.22. The van der Waals surface area contributed by atoms with E-state index in [0.29, 0.717) is 37.8 Å². The second-order valence-electron chi connectivity index (χ2n) is 8.11. The third kappa shape index (κ3) is 4.23. The van der Waals surface area contributed by atoms with Crippen LogP contribution >= 0.6 is 11.3 Å². The lowest BCUT2D eigenvalue weighted by Crippen LogP contribution is -2.44.